The summed E-state index contributed by atoms with van der Waals surface area (Å²) >= 11 is 0. The highest BCUT2D eigenvalue weighted by atomic mass is 16.5. The number of anilines is 4. The Morgan fingerprint density at radius 1 is 1.19 bits per heavy atom. The highest BCUT2D eigenvalue weighted by Gasteiger charge is 2.39. The number of likely N-dealkylation sites (N-methyl/N-ethyl adjacent to an activating group) is 1. The van der Waals surface area contributed by atoms with E-state index in [9.17, 15) is 9.59 Å². The maximum Gasteiger partial charge on any atom is 0.337 e. The molecule has 1 amide bonds. The highest BCUT2D eigenvalue weighted by Crippen LogP contribution is 2.39. The van der Waals surface area contributed by atoms with Crippen molar-refractivity contribution in [3.05, 3.63) is 35.9 Å². The molecule has 9 heteroatoms. The summed E-state index contributed by atoms with van der Waals surface area (Å²) < 4.78 is 15.8. The number of rotatable bonds is 5. The molecule has 1 saturated heterocycles. The fraction of sp³-hybridized carbons (Fsp3) is 0.435. The summed E-state index contributed by atoms with van der Waals surface area (Å²) in [6.45, 7) is 3.28. The van der Waals surface area contributed by atoms with Crippen molar-refractivity contribution in [1.29, 1.82) is 0 Å². The number of pyridine rings is 1. The first-order valence-corrected chi connectivity index (χ1v) is 10.6. The number of carbonyl (C=O) groups excluding carboxylic acids is 2. The van der Waals surface area contributed by atoms with Gasteiger partial charge in [0.25, 0.3) is 0 Å². The average Bonchev–Trinajstić information content (AvgIpc) is 2.83. The number of benzene rings is 1. The number of nitrogens with one attached hydrogen (secondary N) is 1. The molecule has 2 aliphatic rings. The Labute approximate surface area is 187 Å². The van der Waals surface area contributed by atoms with Crippen LogP contribution in [-0.4, -0.2) is 63.4 Å². The molecule has 0 unspecified atom stereocenters. The van der Waals surface area contributed by atoms with E-state index in [-0.39, 0.29) is 18.0 Å². The smallest absolute Gasteiger partial charge is 0.337 e. The Morgan fingerprint density at radius 3 is 2.62 bits per heavy atom. The van der Waals surface area contributed by atoms with E-state index in [1.54, 1.807) is 30.1 Å². The van der Waals surface area contributed by atoms with E-state index in [0.717, 1.165) is 24.3 Å². The number of hydrogen-bond acceptors (Lipinski definition) is 8. The van der Waals surface area contributed by atoms with Crippen LogP contribution in [0, 0.1) is 0 Å². The quantitative estimate of drug-likeness (QED) is 0.710. The largest absolute Gasteiger partial charge is 0.495 e. The molecule has 0 bridgehead atoms. The van der Waals surface area contributed by atoms with Crippen molar-refractivity contribution in [2.24, 2.45) is 0 Å². The van der Waals surface area contributed by atoms with Crippen LogP contribution in [0.25, 0.3) is 0 Å². The molecule has 0 saturated carbocycles. The lowest BCUT2D eigenvalue weighted by molar-refractivity contribution is -0.119. The monoisotopic (exact) mass is 440 g/mol. The third-order valence-electron chi connectivity index (χ3n) is 6.04. The van der Waals surface area contributed by atoms with E-state index in [0.29, 0.717) is 36.0 Å². The fourth-order valence-corrected chi connectivity index (χ4v) is 4.29. The fourth-order valence-electron chi connectivity index (χ4n) is 4.29. The van der Waals surface area contributed by atoms with Gasteiger partial charge in [0, 0.05) is 26.3 Å². The van der Waals surface area contributed by atoms with Crippen LogP contribution in [0.3, 0.4) is 0 Å². The Morgan fingerprint density at radius 2 is 1.94 bits per heavy atom. The predicted octanol–water partition coefficient (Wildman–Crippen LogP) is 2.97. The van der Waals surface area contributed by atoms with Crippen LogP contribution in [0.15, 0.2) is 30.3 Å². The van der Waals surface area contributed by atoms with E-state index in [1.807, 2.05) is 19.1 Å². The Hall–Kier alpha value is -3.33. The second kappa shape index (κ2) is 9.04. The van der Waals surface area contributed by atoms with Gasteiger partial charge in [0.1, 0.15) is 17.6 Å². The van der Waals surface area contributed by atoms with E-state index in [1.165, 1.54) is 14.2 Å². The van der Waals surface area contributed by atoms with Gasteiger partial charge in [-0.15, -0.1) is 0 Å². The summed E-state index contributed by atoms with van der Waals surface area (Å²) in [4.78, 5) is 33.4. The normalized spacial score (nSPS) is 18.9. The minimum Gasteiger partial charge on any atom is -0.495 e. The van der Waals surface area contributed by atoms with Gasteiger partial charge < -0.3 is 29.3 Å². The molecule has 0 aliphatic carbocycles. The van der Waals surface area contributed by atoms with Crippen LogP contribution in [-0.2, 0) is 14.3 Å². The molecular formula is C23H28N4O5. The van der Waals surface area contributed by atoms with Gasteiger partial charge in [-0.1, -0.05) is 0 Å². The molecular weight excluding hydrogens is 412 g/mol. The zero-order chi connectivity index (χ0) is 22.8. The van der Waals surface area contributed by atoms with E-state index >= 15 is 0 Å². The van der Waals surface area contributed by atoms with Crippen LogP contribution in [0.5, 0.6) is 5.75 Å². The Bertz CT molecular complexity index is 1020. The summed E-state index contributed by atoms with van der Waals surface area (Å²) in [5.41, 5.74) is 1.84. The lowest BCUT2D eigenvalue weighted by Gasteiger charge is -2.44. The van der Waals surface area contributed by atoms with Crippen LogP contribution < -0.4 is 19.9 Å². The second-order valence-electron chi connectivity index (χ2n) is 7.89. The van der Waals surface area contributed by atoms with Crippen molar-refractivity contribution < 1.29 is 23.8 Å². The lowest BCUT2D eigenvalue weighted by atomic mass is 10.0. The first-order chi connectivity index (χ1) is 15.4. The molecule has 0 spiro atoms. The van der Waals surface area contributed by atoms with Crippen molar-refractivity contribution in [1.82, 2.24) is 4.98 Å². The van der Waals surface area contributed by atoms with E-state index < -0.39 is 5.97 Å². The molecule has 170 valence electrons. The number of amides is 1. The van der Waals surface area contributed by atoms with Gasteiger partial charge in [0.2, 0.25) is 5.91 Å². The van der Waals surface area contributed by atoms with Gasteiger partial charge >= 0.3 is 5.97 Å². The summed E-state index contributed by atoms with van der Waals surface area (Å²) in [6.07, 6.45) is 1.70. The zero-order valence-corrected chi connectivity index (χ0v) is 18.8. The number of methoxy groups -OCH3 is 2. The number of carbonyl (C=O) groups is 2. The predicted molar refractivity (Wildman–Crippen MR) is 121 cm³/mol. The van der Waals surface area contributed by atoms with Crippen molar-refractivity contribution in [2.45, 2.75) is 31.8 Å². The van der Waals surface area contributed by atoms with Crippen LogP contribution in [0.2, 0.25) is 0 Å². The van der Waals surface area contributed by atoms with Gasteiger partial charge in [-0.2, -0.15) is 0 Å². The first kappa shape index (κ1) is 21.9. The van der Waals surface area contributed by atoms with Gasteiger partial charge in [-0.3, -0.25) is 4.79 Å². The average molecular weight is 441 g/mol. The molecule has 0 radical (unpaired) electrons. The molecule has 1 aromatic heterocycles. The lowest BCUT2D eigenvalue weighted by Crippen LogP contribution is -2.56. The maximum atomic E-state index is 12.9. The third-order valence-corrected chi connectivity index (χ3v) is 6.04. The summed E-state index contributed by atoms with van der Waals surface area (Å²) in [5.74, 6) is 1.48. The molecule has 1 atom stereocenters. The summed E-state index contributed by atoms with van der Waals surface area (Å²) in [6, 6.07) is 8.64. The van der Waals surface area contributed by atoms with Gasteiger partial charge in [-0.25, -0.2) is 9.78 Å². The number of aromatic nitrogens is 1. The molecule has 1 aromatic carbocycles. The van der Waals surface area contributed by atoms with Crippen LogP contribution >= 0.6 is 0 Å². The molecule has 3 heterocycles. The first-order valence-electron chi connectivity index (χ1n) is 10.6. The topological polar surface area (TPSA) is 93.2 Å². The molecule has 32 heavy (non-hydrogen) atoms. The molecule has 1 fully saturated rings. The molecule has 2 aliphatic heterocycles. The van der Waals surface area contributed by atoms with Gasteiger partial charge in [0.15, 0.2) is 5.82 Å². The number of fused-ring (bicyclic) bond motifs is 1. The zero-order valence-electron chi connectivity index (χ0n) is 18.8. The van der Waals surface area contributed by atoms with Crippen molar-refractivity contribution in [3.8, 4) is 5.75 Å². The number of nitrogens with zero attached hydrogens (tertiary/aromatic N) is 3. The highest BCUT2D eigenvalue weighted by molar-refractivity contribution is 6.04. The Kier molecular flexibility index (Phi) is 6.18. The summed E-state index contributed by atoms with van der Waals surface area (Å²) in [7, 11) is 4.66. The molecule has 2 aromatic rings. The van der Waals surface area contributed by atoms with E-state index in [4.69, 9.17) is 19.2 Å². The van der Waals surface area contributed by atoms with Crippen LogP contribution in [0.4, 0.5) is 23.0 Å². The van der Waals surface area contributed by atoms with Crippen molar-refractivity contribution >= 4 is 34.9 Å². The van der Waals surface area contributed by atoms with Crippen molar-refractivity contribution in [3.63, 3.8) is 0 Å². The molecule has 9 nitrogen and oxygen atoms in total. The minimum absolute atomic E-state index is 0.0477. The van der Waals surface area contributed by atoms with Crippen LogP contribution in [0.1, 0.15) is 30.1 Å². The van der Waals surface area contributed by atoms with Crippen molar-refractivity contribution in [2.75, 3.05) is 49.6 Å². The maximum absolute atomic E-state index is 12.9. The standard InChI is InChI=1S/C23H28N4O5/c1-14-22(28)26(2)18-7-8-20(25-21(18)27(14)16-9-11-32-12-10-16)24-17-6-5-15(23(29)31-4)13-19(17)30-3/h5-8,13-14,16H,9-12H2,1-4H3,(H,24,25)/t14-/m1/s1. The minimum atomic E-state index is -0.435. The molecule has 4 rings (SSSR count). The van der Waals surface area contributed by atoms with Gasteiger partial charge in [-0.05, 0) is 50.1 Å². The second-order valence-corrected chi connectivity index (χ2v) is 7.89. The number of hydrogen-bond donors (Lipinski definition) is 1. The summed E-state index contributed by atoms with van der Waals surface area (Å²) in [5, 5.41) is 3.28. The van der Waals surface area contributed by atoms with E-state index in [2.05, 4.69) is 10.2 Å². The SMILES string of the molecule is COC(=O)c1ccc(Nc2ccc3c(n2)N(C2CCOCC2)[C@H](C)C(=O)N3C)c(OC)c1. The molecule has 1 N–H and O–H groups in total. The Balaban J connectivity index is 1.69. The van der Waals surface area contributed by atoms with Gasteiger partial charge in [0.05, 0.1) is 31.2 Å². The third kappa shape index (κ3) is 3.95. The number of esters is 1. The number of ether oxygens (including phenoxy) is 3.